The van der Waals surface area contributed by atoms with Gasteiger partial charge in [0.15, 0.2) is 0 Å². The lowest BCUT2D eigenvalue weighted by Gasteiger charge is -2.34. The van der Waals surface area contributed by atoms with Gasteiger partial charge in [-0.15, -0.1) is 10.1 Å². The van der Waals surface area contributed by atoms with Gasteiger partial charge in [0, 0.05) is 13.6 Å². The van der Waals surface area contributed by atoms with Crippen molar-refractivity contribution >= 4 is 29.4 Å². The number of hydrogen-bond donors (Lipinski definition) is 0. The number of nitrogens with zero attached hydrogens (tertiary/aromatic N) is 6. The van der Waals surface area contributed by atoms with Gasteiger partial charge in [-0.2, -0.15) is 0 Å². The first-order valence-corrected chi connectivity index (χ1v) is 8.23. The van der Waals surface area contributed by atoms with E-state index < -0.39 is 6.04 Å². The van der Waals surface area contributed by atoms with E-state index in [9.17, 15) is 9.59 Å². The van der Waals surface area contributed by atoms with Crippen molar-refractivity contribution in [3.05, 3.63) is 12.7 Å². The average Bonchev–Trinajstić information content (AvgIpc) is 2.93. The fraction of sp³-hybridized carbons (Fsp3) is 0.562. The number of aliphatic imine (C=N–C) groups is 1. The van der Waals surface area contributed by atoms with Crippen molar-refractivity contribution in [3.8, 4) is 0 Å². The Hall–Kier alpha value is -2.51. The number of unbranched alkanes of at least 4 members (excludes halogenated alkanes) is 1. The number of amidine groups is 1. The molecule has 0 N–H and O–H groups in total. The van der Waals surface area contributed by atoms with E-state index in [-0.39, 0.29) is 11.9 Å². The van der Waals surface area contributed by atoms with Crippen molar-refractivity contribution in [1.82, 2.24) is 14.8 Å². The van der Waals surface area contributed by atoms with E-state index >= 15 is 0 Å². The summed E-state index contributed by atoms with van der Waals surface area (Å²) in [5.74, 6) is 0.881. The number of carbonyl (C=O) groups excluding carboxylic acids is 2. The zero-order valence-electron chi connectivity index (χ0n) is 14.4. The third-order valence-electron chi connectivity index (χ3n) is 4.35. The van der Waals surface area contributed by atoms with Gasteiger partial charge in [0.25, 0.3) is 5.91 Å². The number of fused-ring (bicyclic) bond motifs is 2. The average molecular weight is 331 g/mol. The molecule has 1 saturated heterocycles. The van der Waals surface area contributed by atoms with E-state index in [4.69, 9.17) is 0 Å². The highest BCUT2D eigenvalue weighted by atomic mass is 16.2. The van der Waals surface area contributed by atoms with Crippen LogP contribution in [0.3, 0.4) is 0 Å². The molecular formula is C16H23N6O2+. The minimum atomic E-state index is -0.558. The molecule has 0 bridgehead atoms. The SMILES string of the molecule is C=CCN1N=C(C)C[N+]2=C1N=C1C2C(=O)N(CCCC)C(=O)N1C. The van der Waals surface area contributed by atoms with Gasteiger partial charge in [0.05, 0.1) is 5.71 Å². The lowest BCUT2D eigenvalue weighted by molar-refractivity contribution is -0.527. The Labute approximate surface area is 141 Å². The van der Waals surface area contributed by atoms with Crippen molar-refractivity contribution in [1.29, 1.82) is 0 Å². The van der Waals surface area contributed by atoms with E-state index in [1.165, 1.54) is 9.80 Å². The van der Waals surface area contributed by atoms with E-state index in [1.54, 1.807) is 18.1 Å². The molecule has 0 aromatic heterocycles. The molecule has 8 heteroatoms. The zero-order valence-corrected chi connectivity index (χ0v) is 14.4. The van der Waals surface area contributed by atoms with Gasteiger partial charge in [-0.1, -0.05) is 31.0 Å². The molecule has 3 aliphatic heterocycles. The maximum atomic E-state index is 13.0. The van der Waals surface area contributed by atoms with Crippen LogP contribution in [0.4, 0.5) is 4.79 Å². The number of guanidine groups is 1. The van der Waals surface area contributed by atoms with Crippen molar-refractivity contribution in [3.63, 3.8) is 0 Å². The first-order valence-electron chi connectivity index (χ1n) is 8.23. The quantitative estimate of drug-likeness (QED) is 0.550. The minimum absolute atomic E-state index is 0.200. The molecule has 0 aromatic carbocycles. The molecule has 0 aliphatic carbocycles. The van der Waals surface area contributed by atoms with E-state index in [1.807, 2.05) is 18.4 Å². The monoisotopic (exact) mass is 331 g/mol. The van der Waals surface area contributed by atoms with Crippen LogP contribution in [-0.4, -0.2) is 81.6 Å². The number of amides is 3. The second kappa shape index (κ2) is 6.18. The third-order valence-corrected chi connectivity index (χ3v) is 4.35. The Morgan fingerprint density at radius 3 is 2.83 bits per heavy atom. The second-order valence-electron chi connectivity index (χ2n) is 6.19. The molecule has 8 nitrogen and oxygen atoms in total. The smallest absolute Gasteiger partial charge is 0.270 e. The second-order valence-corrected chi connectivity index (χ2v) is 6.19. The summed E-state index contributed by atoms with van der Waals surface area (Å²) in [6.07, 6.45) is 3.45. The summed E-state index contributed by atoms with van der Waals surface area (Å²) in [6, 6.07) is -0.867. The largest absolute Gasteiger partial charge is 0.417 e. The Balaban J connectivity index is 1.98. The minimum Gasteiger partial charge on any atom is -0.270 e. The molecule has 24 heavy (non-hydrogen) atoms. The molecule has 1 atom stereocenters. The summed E-state index contributed by atoms with van der Waals surface area (Å²) in [6.45, 7) is 9.16. The number of hydrogen-bond acceptors (Lipinski definition) is 5. The molecule has 128 valence electrons. The van der Waals surface area contributed by atoms with Gasteiger partial charge in [-0.25, -0.2) is 9.37 Å². The summed E-state index contributed by atoms with van der Waals surface area (Å²) in [7, 11) is 1.67. The van der Waals surface area contributed by atoms with Crippen LogP contribution in [0.2, 0.25) is 0 Å². The highest BCUT2D eigenvalue weighted by Crippen LogP contribution is 2.23. The van der Waals surface area contributed by atoms with Gasteiger partial charge in [0.2, 0.25) is 11.9 Å². The van der Waals surface area contributed by atoms with Crippen LogP contribution in [0.15, 0.2) is 22.7 Å². The van der Waals surface area contributed by atoms with Gasteiger partial charge in [-0.05, 0) is 13.3 Å². The normalized spacial score (nSPS) is 23.3. The van der Waals surface area contributed by atoms with Crippen molar-refractivity contribution < 1.29 is 14.2 Å². The van der Waals surface area contributed by atoms with Crippen LogP contribution >= 0.6 is 0 Å². The summed E-state index contributed by atoms with van der Waals surface area (Å²) in [5.41, 5.74) is 0.893. The molecule has 0 saturated carbocycles. The first-order chi connectivity index (χ1) is 11.5. The Kier molecular flexibility index (Phi) is 4.21. The molecule has 3 heterocycles. The predicted molar refractivity (Wildman–Crippen MR) is 91.1 cm³/mol. The topological polar surface area (TPSA) is 71.6 Å². The van der Waals surface area contributed by atoms with Gasteiger partial charge < -0.3 is 0 Å². The zero-order chi connectivity index (χ0) is 17.4. The van der Waals surface area contributed by atoms with Crippen LogP contribution < -0.4 is 0 Å². The maximum Gasteiger partial charge on any atom is 0.417 e. The number of rotatable bonds is 5. The summed E-state index contributed by atoms with van der Waals surface area (Å²) in [5, 5.41) is 6.20. The van der Waals surface area contributed by atoms with Gasteiger partial charge in [0.1, 0.15) is 13.1 Å². The van der Waals surface area contributed by atoms with E-state index in [0.717, 1.165) is 18.6 Å². The van der Waals surface area contributed by atoms with Crippen LogP contribution in [0.25, 0.3) is 0 Å². The van der Waals surface area contributed by atoms with Crippen molar-refractivity contribution in [2.75, 3.05) is 26.7 Å². The fourth-order valence-corrected chi connectivity index (χ4v) is 3.17. The van der Waals surface area contributed by atoms with Gasteiger partial charge in [-0.3, -0.25) is 14.6 Å². The molecule has 1 fully saturated rings. The molecular weight excluding hydrogens is 308 g/mol. The molecule has 0 spiro atoms. The number of urea groups is 1. The molecule has 3 amide bonds. The van der Waals surface area contributed by atoms with E-state index in [0.29, 0.717) is 31.4 Å². The predicted octanol–water partition coefficient (Wildman–Crippen LogP) is 0.707. The van der Waals surface area contributed by atoms with Crippen LogP contribution in [0.5, 0.6) is 0 Å². The first kappa shape index (κ1) is 16.4. The van der Waals surface area contributed by atoms with Crippen molar-refractivity contribution in [2.24, 2.45) is 10.1 Å². The number of likely N-dealkylation sites (N-methyl/N-ethyl adjacent to an activating group) is 1. The summed E-state index contributed by atoms with van der Waals surface area (Å²) in [4.78, 5) is 32.9. The number of carbonyl (C=O) groups is 2. The molecule has 0 radical (unpaired) electrons. The maximum absolute atomic E-state index is 13.0. The lowest BCUT2D eigenvalue weighted by atomic mass is 10.1. The standard InChI is InChI=1S/C16H23N6O2/c1-5-7-9-20-14(23)12-13(19(4)16(20)24)17-15-21(12)10-11(3)18-22(15)8-6-2/h6,12H,2,5,7-10H2,1,3-4H3/q+1. The Bertz CT molecular complexity index is 693. The molecule has 3 aliphatic rings. The number of imide groups is 1. The lowest BCUT2D eigenvalue weighted by Crippen LogP contribution is -2.63. The molecule has 3 rings (SSSR count). The molecule has 0 aromatic rings. The van der Waals surface area contributed by atoms with Gasteiger partial charge >= 0.3 is 12.0 Å². The molecule has 1 unspecified atom stereocenters. The van der Waals surface area contributed by atoms with Crippen LogP contribution in [0.1, 0.15) is 26.7 Å². The Morgan fingerprint density at radius 2 is 2.17 bits per heavy atom. The number of hydrazone groups is 1. The highest BCUT2D eigenvalue weighted by Gasteiger charge is 2.54. The summed E-state index contributed by atoms with van der Waals surface area (Å²) < 4.78 is 1.92. The van der Waals surface area contributed by atoms with Crippen LogP contribution in [-0.2, 0) is 4.79 Å². The van der Waals surface area contributed by atoms with E-state index in [2.05, 4.69) is 16.7 Å². The summed E-state index contributed by atoms with van der Waals surface area (Å²) >= 11 is 0. The fourth-order valence-electron chi connectivity index (χ4n) is 3.17. The van der Waals surface area contributed by atoms with Crippen molar-refractivity contribution in [2.45, 2.75) is 32.7 Å². The third kappa shape index (κ3) is 2.42. The van der Waals surface area contributed by atoms with Crippen LogP contribution in [0, 0.1) is 0 Å². The Morgan fingerprint density at radius 1 is 1.42 bits per heavy atom. The highest BCUT2D eigenvalue weighted by molar-refractivity contribution is 6.23.